The van der Waals surface area contributed by atoms with Gasteiger partial charge < -0.3 is 19.9 Å². The van der Waals surface area contributed by atoms with E-state index in [1.807, 2.05) is 6.92 Å². The van der Waals surface area contributed by atoms with E-state index in [1.165, 1.54) is 53.6 Å². The number of H-pyrrole nitrogens is 1. The molecule has 2 N–H and O–H groups in total. The third-order valence-electron chi connectivity index (χ3n) is 8.74. The van der Waals surface area contributed by atoms with Crippen LogP contribution in [-0.2, 0) is 25.9 Å². The Balaban J connectivity index is 1.23. The highest BCUT2D eigenvalue weighted by Crippen LogP contribution is 2.39. The van der Waals surface area contributed by atoms with Gasteiger partial charge in [-0.05, 0) is 79.8 Å². The molecule has 2 aromatic carbocycles. The second-order valence-corrected chi connectivity index (χ2v) is 12.4. The summed E-state index contributed by atoms with van der Waals surface area (Å²) in [5.74, 6) is 3.94. The van der Waals surface area contributed by atoms with Crippen LogP contribution in [0.3, 0.4) is 0 Å². The highest BCUT2D eigenvalue weighted by molar-refractivity contribution is 5.82. The lowest BCUT2D eigenvalue weighted by Crippen LogP contribution is -2.36. The molecule has 0 saturated heterocycles. The number of hydrogen-bond donors (Lipinski definition) is 2. The van der Waals surface area contributed by atoms with Gasteiger partial charge in [0.15, 0.2) is 0 Å². The first-order valence-electron chi connectivity index (χ1n) is 14.5. The minimum Gasteiger partial charge on any atom is -0.491 e. The van der Waals surface area contributed by atoms with Crippen LogP contribution >= 0.6 is 0 Å². The van der Waals surface area contributed by atoms with E-state index in [2.05, 4.69) is 70.4 Å². The first kappa shape index (κ1) is 24.6. The molecule has 39 heavy (non-hydrogen) atoms. The maximum Gasteiger partial charge on any atom is 0.144 e. The molecule has 4 aromatic rings. The lowest BCUT2D eigenvalue weighted by atomic mass is 9.76. The fourth-order valence-corrected chi connectivity index (χ4v) is 6.24. The topological polar surface area (TPSA) is 79.0 Å². The van der Waals surface area contributed by atoms with E-state index in [0.717, 1.165) is 66.7 Å². The number of imidazole rings is 1. The van der Waals surface area contributed by atoms with Crippen molar-refractivity contribution in [1.29, 1.82) is 0 Å². The van der Waals surface area contributed by atoms with Crippen LogP contribution in [-0.4, -0.2) is 39.1 Å². The first-order chi connectivity index (χ1) is 18.9. The van der Waals surface area contributed by atoms with Crippen molar-refractivity contribution in [2.24, 2.45) is 5.41 Å². The number of fused-ring (bicyclic) bond motifs is 3. The maximum absolute atomic E-state index is 6.27. The van der Waals surface area contributed by atoms with Crippen LogP contribution < -0.4 is 15.0 Å². The van der Waals surface area contributed by atoms with E-state index in [1.54, 1.807) is 0 Å². The summed E-state index contributed by atoms with van der Waals surface area (Å²) < 4.78 is 6.27. The number of hydrogen-bond acceptors (Lipinski definition) is 6. The van der Waals surface area contributed by atoms with Gasteiger partial charge >= 0.3 is 0 Å². The summed E-state index contributed by atoms with van der Waals surface area (Å²) in [6, 6.07) is 13.6. The van der Waals surface area contributed by atoms with E-state index < -0.39 is 0 Å². The van der Waals surface area contributed by atoms with E-state index in [4.69, 9.17) is 14.7 Å². The summed E-state index contributed by atoms with van der Waals surface area (Å²) in [4.78, 5) is 20.7. The van der Waals surface area contributed by atoms with Crippen molar-refractivity contribution >= 4 is 16.9 Å². The Hall–Kier alpha value is -3.45. The van der Waals surface area contributed by atoms with Crippen molar-refractivity contribution in [3.63, 3.8) is 0 Å². The van der Waals surface area contributed by atoms with E-state index in [9.17, 15) is 0 Å². The standard InChI is InChI=1S/C32H38N6O/c1-20-34-27-9-7-22(16-28(27)35-20)21-8-10-29-23(15-21)19-38(13-14-39-29)31-25-17-32(2,3)12-11-26(25)36-30(37-31)18-33-24-5-4-6-24/h7-10,15-16,24,33H,4-6,11-14,17-19H2,1-3H3,(H,34,35). The van der Waals surface area contributed by atoms with E-state index in [0.29, 0.717) is 12.6 Å². The van der Waals surface area contributed by atoms with Gasteiger partial charge in [0.25, 0.3) is 0 Å². The molecule has 0 atom stereocenters. The highest BCUT2D eigenvalue weighted by atomic mass is 16.5. The first-order valence-corrected chi connectivity index (χ1v) is 14.5. The van der Waals surface area contributed by atoms with Gasteiger partial charge in [-0.3, -0.25) is 0 Å². The number of ether oxygens (including phenoxy) is 1. The monoisotopic (exact) mass is 522 g/mol. The number of aromatic nitrogens is 4. The Kier molecular flexibility index (Phi) is 6.07. The highest BCUT2D eigenvalue weighted by Gasteiger charge is 2.32. The second-order valence-electron chi connectivity index (χ2n) is 12.4. The summed E-state index contributed by atoms with van der Waals surface area (Å²) in [6.45, 7) is 9.71. The van der Waals surface area contributed by atoms with Gasteiger partial charge in [-0.1, -0.05) is 32.4 Å². The molecule has 7 rings (SSSR count). The maximum atomic E-state index is 6.27. The van der Waals surface area contributed by atoms with Crippen molar-refractivity contribution in [2.45, 2.75) is 78.4 Å². The smallest absolute Gasteiger partial charge is 0.144 e. The molecule has 202 valence electrons. The zero-order chi connectivity index (χ0) is 26.6. The van der Waals surface area contributed by atoms with E-state index >= 15 is 0 Å². The number of rotatable bonds is 5. The average Bonchev–Trinajstić information content (AvgIpc) is 3.13. The molecule has 0 radical (unpaired) electrons. The molecule has 3 heterocycles. The van der Waals surface area contributed by atoms with Gasteiger partial charge in [0.2, 0.25) is 0 Å². The molecule has 7 heteroatoms. The van der Waals surface area contributed by atoms with Gasteiger partial charge in [0.1, 0.15) is 29.8 Å². The number of anilines is 1. The van der Waals surface area contributed by atoms with Crippen LogP contribution in [0.4, 0.5) is 5.82 Å². The lowest BCUT2D eigenvalue weighted by molar-refractivity contribution is 0.309. The molecule has 7 nitrogen and oxygen atoms in total. The number of aromatic amines is 1. The molecule has 1 saturated carbocycles. The van der Waals surface area contributed by atoms with Crippen LogP contribution in [0, 0.1) is 12.3 Å². The molecule has 2 aliphatic carbocycles. The van der Waals surface area contributed by atoms with Gasteiger partial charge in [0, 0.05) is 29.4 Å². The minimum absolute atomic E-state index is 0.258. The lowest BCUT2D eigenvalue weighted by Gasteiger charge is -2.34. The summed E-state index contributed by atoms with van der Waals surface area (Å²) in [7, 11) is 0. The predicted molar refractivity (Wildman–Crippen MR) is 155 cm³/mol. The SMILES string of the molecule is Cc1nc2ccc(-c3ccc4c(c3)CN(c3nc(CNC5CCC5)nc5c3CC(C)(C)CC5)CCO4)cc2[nH]1. The predicted octanol–water partition coefficient (Wildman–Crippen LogP) is 5.88. The Morgan fingerprint density at radius 1 is 1.08 bits per heavy atom. The number of nitrogens with zero attached hydrogens (tertiary/aromatic N) is 4. The molecule has 1 fully saturated rings. The number of benzene rings is 2. The molecule has 0 bridgehead atoms. The minimum atomic E-state index is 0.258. The van der Waals surface area contributed by atoms with Crippen molar-refractivity contribution in [3.8, 4) is 16.9 Å². The summed E-state index contributed by atoms with van der Waals surface area (Å²) in [5, 5.41) is 3.68. The van der Waals surface area contributed by atoms with Crippen LogP contribution in [0.2, 0.25) is 0 Å². The molecule has 3 aliphatic rings. The Morgan fingerprint density at radius 3 is 2.77 bits per heavy atom. The van der Waals surface area contributed by atoms with Gasteiger partial charge in [-0.2, -0.15) is 0 Å². The average molecular weight is 523 g/mol. The van der Waals surface area contributed by atoms with E-state index in [-0.39, 0.29) is 5.41 Å². The molecule has 2 aromatic heterocycles. The molecule has 0 spiro atoms. The van der Waals surface area contributed by atoms with Gasteiger partial charge in [-0.25, -0.2) is 15.0 Å². The number of aryl methyl sites for hydroxylation is 2. The fourth-order valence-electron chi connectivity index (χ4n) is 6.24. The fraction of sp³-hybridized carbons (Fsp3) is 0.469. The molecule has 1 aliphatic heterocycles. The zero-order valence-corrected chi connectivity index (χ0v) is 23.3. The van der Waals surface area contributed by atoms with Crippen LogP contribution in [0.5, 0.6) is 5.75 Å². The molecule has 0 unspecified atom stereocenters. The van der Waals surface area contributed by atoms with Crippen LogP contribution in [0.1, 0.15) is 68.0 Å². The normalized spacial score (nSPS) is 18.7. The summed E-state index contributed by atoms with van der Waals surface area (Å²) >= 11 is 0. The van der Waals surface area contributed by atoms with Crippen molar-refractivity contribution in [3.05, 3.63) is 64.9 Å². The summed E-state index contributed by atoms with van der Waals surface area (Å²) in [6.07, 6.45) is 7.06. The van der Waals surface area contributed by atoms with Crippen LogP contribution in [0.15, 0.2) is 36.4 Å². The third kappa shape index (κ3) is 4.89. The summed E-state index contributed by atoms with van der Waals surface area (Å²) in [5.41, 5.74) is 8.46. The Bertz CT molecular complexity index is 1540. The number of nitrogens with one attached hydrogen (secondary N) is 2. The van der Waals surface area contributed by atoms with Gasteiger partial charge in [0.05, 0.1) is 24.1 Å². The quantitative estimate of drug-likeness (QED) is 0.341. The van der Waals surface area contributed by atoms with Crippen molar-refractivity contribution in [1.82, 2.24) is 25.3 Å². The molecule has 0 amide bonds. The second kappa shape index (κ2) is 9.63. The van der Waals surface area contributed by atoms with Crippen molar-refractivity contribution < 1.29 is 4.74 Å². The van der Waals surface area contributed by atoms with Crippen LogP contribution in [0.25, 0.3) is 22.2 Å². The molecular weight excluding hydrogens is 484 g/mol. The zero-order valence-electron chi connectivity index (χ0n) is 23.3. The molecular formula is C32H38N6O. The third-order valence-corrected chi connectivity index (χ3v) is 8.74. The Morgan fingerprint density at radius 2 is 1.92 bits per heavy atom. The Labute approximate surface area is 230 Å². The van der Waals surface area contributed by atoms with Gasteiger partial charge in [-0.15, -0.1) is 0 Å². The van der Waals surface area contributed by atoms with Crippen molar-refractivity contribution in [2.75, 3.05) is 18.1 Å². The largest absolute Gasteiger partial charge is 0.491 e.